The van der Waals surface area contributed by atoms with Crippen LogP contribution in [0.5, 0.6) is 0 Å². The molecule has 1 heterocycles. The first kappa shape index (κ1) is 13.7. The Morgan fingerprint density at radius 2 is 2.18 bits per heavy atom. The summed E-state index contributed by atoms with van der Waals surface area (Å²) in [4.78, 5) is 13.6. The molecule has 0 fully saturated rings. The van der Waals surface area contributed by atoms with E-state index in [2.05, 4.69) is 17.3 Å². The van der Waals surface area contributed by atoms with Crippen molar-refractivity contribution in [2.24, 2.45) is 0 Å². The van der Waals surface area contributed by atoms with Gasteiger partial charge in [-0.15, -0.1) is 0 Å². The molecular weight excluding hydrogens is 216 g/mol. The van der Waals surface area contributed by atoms with E-state index in [4.69, 9.17) is 0 Å². The van der Waals surface area contributed by atoms with Crippen molar-refractivity contribution in [2.75, 3.05) is 32.1 Å². The number of hydrogen-bond acceptors (Lipinski definition) is 4. The molecule has 0 spiro atoms. The third-order valence-corrected chi connectivity index (χ3v) is 2.60. The van der Waals surface area contributed by atoms with E-state index in [1.807, 2.05) is 19.0 Å². The van der Waals surface area contributed by atoms with E-state index in [9.17, 15) is 4.79 Å². The highest BCUT2D eigenvalue weighted by molar-refractivity contribution is 5.40. The fraction of sp³-hybridized carbons (Fsp3) is 0.667. The van der Waals surface area contributed by atoms with Gasteiger partial charge in [-0.25, -0.2) is 4.68 Å². The molecule has 96 valence electrons. The van der Waals surface area contributed by atoms with E-state index in [0.717, 1.165) is 31.6 Å². The predicted molar refractivity (Wildman–Crippen MR) is 70.6 cm³/mol. The van der Waals surface area contributed by atoms with Crippen molar-refractivity contribution in [3.8, 4) is 0 Å². The Morgan fingerprint density at radius 3 is 2.76 bits per heavy atom. The second-order valence-electron chi connectivity index (χ2n) is 4.23. The number of rotatable bonds is 7. The van der Waals surface area contributed by atoms with Gasteiger partial charge in [0, 0.05) is 26.7 Å². The van der Waals surface area contributed by atoms with Gasteiger partial charge in [0.15, 0.2) is 0 Å². The summed E-state index contributed by atoms with van der Waals surface area (Å²) < 4.78 is 1.53. The van der Waals surface area contributed by atoms with E-state index in [0.29, 0.717) is 6.54 Å². The van der Waals surface area contributed by atoms with E-state index < -0.39 is 0 Å². The number of aryl methyl sites for hydroxylation is 1. The number of anilines is 1. The molecule has 0 aliphatic heterocycles. The lowest BCUT2D eigenvalue weighted by molar-refractivity contribution is 0.519. The minimum atomic E-state index is -0.0281. The summed E-state index contributed by atoms with van der Waals surface area (Å²) in [5.41, 5.74) is 0.818. The molecule has 17 heavy (non-hydrogen) atoms. The molecule has 0 amide bonds. The molecule has 0 saturated heterocycles. The van der Waals surface area contributed by atoms with Crippen molar-refractivity contribution in [3.63, 3.8) is 0 Å². The highest BCUT2D eigenvalue weighted by Gasteiger charge is 2.01. The lowest BCUT2D eigenvalue weighted by atomic mass is 10.3. The molecular formula is C12H22N4O. The van der Waals surface area contributed by atoms with Crippen molar-refractivity contribution < 1.29 is 0 Å². The highest BCUT2D eigenvalue weighted by atomic mass is 16.1. The van der Waals surface area contributed by atoms with Crippen molar-refractivity contribution in [3.05, 3.63) is 22.6 Å². The van der Waals surface area contributed by atoms with Gasteiger partial charge in [-0.2, -0.15) is 5.10 Å². The van der Waals surface area contributed by atoms with E-state index in [1.165, 1.54) is 4.68 Å². The molecule has 0 radical (unpaired) electrons. The SMILES string of the molecule is CCNCCCCn1ncc(N(C)C)cc1=O. The van der Waals surface area contributed by atoms with E-state index in [1.54, 1.807) is 12.3 Å². The molecule has 0 aliphatic rings. The zero-order valence-electron chi connectivity index (χ0n) is 10.9. The number of unbranched alkanes of at least 4 members (excludes halogenated alkanes) is 1. The Bertz CT molecular complexity index is 386. The Labute approximate surface area is 102 Å². The van der Waals surface area contributed by atoms with Crippen molar-refractivity contribution in [1.82, 2.24) is 15.1 Å². The van der Waals surface area contributed by atoms with Gasteiger partial charge in [0.05, 0.1) is 11.9 Å². The molecule has 1 rings (SSSR count). The average molecular weight is 238 g/mol. The molecule has 5 nitrogen and oxygen atoms in total. The molecule has 5 heteroatoms. The fourth-order valence-corrected chi connectivity index (χ4v) is 1.52. The molecule has 0 aromatic carbocycles. The van der Waals surface area contributed by atoms with E-state index >= 15 is 0 Å². The number of hydrogen-bond donors (Lipinski definition) is 1. The monoisotopic (exact) mass is 238 g/mol. The highest BCUT2D eigenvalue weighted by Crippen LogP contribution is 2.03. The summed E-state index contributed by atoms with van der Waals surface area (Å²) in [6, 6.07) is 1.62. The van der Waals surface area contributed by atoms with Gasteiger partial charge < -0.3 is 10.2 Å². The van der Waals surface area contributed by atoms with Gasteiger partial charge >= 0.3 is 0 Å². The average Bonchev–Trinajstić information content (AvgIpc) is 2.30. The molecule has 1 N–H and O–H groups in total. The van der Waals surface area contributed by atoms with Crippen LogP contribution in [0, 0.1) is 0 Å². The third-order valence-electron chi connectivity index (χ3n) is 2.60. The molecule has 0 unspecified atom stereocenters. The molecule has 0 saturated carbocycles. The van der Waals surface area contributed by atoms with Crippen LogP contribution in [0.2, 0.25) is 0 Å². The maximum absolute atomic E-state index is 11.7. The van der Waals surface area contributed by atoms with Crippen LogP contribution in [0.3, 0.4) is 0 Å². The zero-order valence-corrected chi connectivity index (χ0v) is 10.9. The topological polar surface area (TPSA) is 50.2 Å². The van der Waals surface area contributed by atoms with Crippen LogP contribution in [0.1, 0.15) is 19.8 Å². The molecule has 0 aliphatic carbocycles. The maximum atomic E-state index is 11.7. The van der Waals surface area contributed by atoms with Crippen LogP contribution in [-0.2, 0) is 6.54 Å². The van der Waals surface area contributed by atoms with Crippen LogP contribution in [0.25, 0.3) is 0 Å². The molecule has 0 bridgehead atoms. The molecule has 1 aromatic rings. The summed E-state index contributed by atoms with van der Waals surface area (Å²) >= 11 is 0. The Hall–Kier alpha value is -1.36. The standard InChI is InChI=1S/C12H22N4O/c1-4-13-7-5-6-8-16-12(17)9-11(10-14-16)15(2)3/h9-10,13H,4-8H2,1-3H3. The van der Waals surface area contributed by atoms with Gasteiger partial charge in [0.2, 0.25) is 0 Å². The minimum Gasteiger partial charge on any atom is -0.376 e. The lowest BCUT2D eigenvalue weighted by Gasteiger charge is -2.12. The zero-order chi connectivity index (χ0) is 12.7. The summed E-state index contributed by atoms with van der Waals surface area (Å²) in [7, 11) is 3.80. The first-order valence-electron chi connectivity index (χ1n) is 6.10. The maximum Gasteiger partial charge on any atom is 0.268 e. The first-order chi connectivity index (χ1) is 8.15. The van der Waals surface area contributed by atoms with Crippen LogP contribution >= 0.6 is 0 Å². The quantitative estimate of drug-likeness (QED) is 0.710. The van der Waals surface area contributed by atoms with Gasteiger partial charge in [0.1, 0.15) is 0 Å². The normalized spacial score (nSPS) is 10.5. The number of nitrogens with zero attached hydrogens (tertiary/aromatic N) is 3. The van der Waals surface area contributed by atoms with E-state index in [-0.39, 0.29) is 5.56 Å². The summed E-state index contributed by atoms with van der Waals surface area (Å²) in [6.07, 6.45) is 3.77. The predicted octanol–water partition coefficient (Wildman–Crippen LogP) is 0.699. The lowest BCUT2D eigenvalue weighted by Crippen LogP contribution is -2.24. The van der Waals surface area contributed by atoms with Crippen molar-refractivity contribution >= 4 is 5.69 Å². The summed E-state index contributed by atoms with van der Waals surface area (Å²) in [5.74, 6) is 0. The number of aromatic nitrogens is 2. The van der Waals surface area contributed by atoms with Gasteiger partial charge in [-0.3, -0.25) is 4.79 Å². The Kier molecular flexibility index (Phi) is 5.69. The van der Waals surface area contributed by atoms with Gasteiger partial charge in [-0.05, 0) is 25.9 Å². The van der Waals surface area contributed by atoms with Crippen LogP contribution < -0.4 is 15.8 Å². The second kappa shape index (κ2) is 7.06. The van der Waals surface area contributed by atoms with Crippen LogP contribution in [-0.4, -0.2) is 37.0 Å². The molecule has 1 aromatic heterocycles. The fourth-order valence-electron chi connectivity index (χ4n) is 1.52. The summed E-state index contributed by atoms with van der Waals surface area (Å²) in [6.45, 7) is 4.78. The van der Waals surface area contributed by atoms with Crippen LogP contribution in [0.15, 0.2) is 17.1 Å². The molecule has 0 atom stereocenters. The summed E-state index contributed by atoms with van der Waals surface area (Å²) in [5, 5.41) is 7.42. The smallest absolute Gasteiger partial charge is 0.268 e. The largest absolute Gasteiger partial charge is 0.376 e. The second-order valence-corrected chi connectivity index (χ2v) is 4.23. The first-order valence-corrected chi connectivity index (χ1v) is 6.10. The van der Waals surface area contributed by atoms with Crippen LogP contribution in [0.4, 0.5) is 5.69 Å². The minimum absolute atomic E-state index is 0.0281. The Morgan fingerprint density at radius 1 is 1.41 bits per heavy atom. The van der Waals surface area contributed by atoms with Crippen molar-refractivity contribution in [1.29, 1.82) is 0 Å². The Balaban J connectivity index is 2.47. The van der Waals surface area contributed by atoms with Gasteiger partial charge in [0.25, 0.3) is 5.56 Å². The third kappa shape index (κ3) is 4.56. The van der Waals surface area contributed by atoms with Crippen molar-refractivity contribution in [2.45, 2.75) is 26.3 Å². The number of nitrogens with one attached hydrogen (secondary N) is 1. The van der Waals surface area contributed by atoms with Gasteiger partial charge in [-0.1, -0.05) is 6.92 Å².